The second-order valence-corrected chi connectivity index (χ2v) is 11.6. The van der Waals surface area contributed by atoms with Crippen LogP contribution in [0.4, 0.5) is 5.69 Å². The molecule has 204 valence electrons. The van der Waals surface area contributed by atoms with Gasteiger partial charge in [0.1, 0.15) is 0 Å². The van der Waals surface area contributed by atoms with Gasteiger partial charge >= 0.3 is 0 Å². The fourth-order valence-corrected chi connectivity index (χ4v) is 6.91. The molecule has 0 aliphatic carbocycles. The first-order valence-electron chi connectivity index (χ1n) is 14.6. The molecule has 7 aromatic carbocycles. The van der Waals surface area contributed by atoms with Gasteiger partial charge in [0.15, 0.2) is 5.69 Å². The van der Waals surface area contributed by atoms with E-state index in [4.69, 9.17) is 6.57 Å². The molecule has 0 unspecified atom stereocenters. The normalized spacial score (nSPS) is 11.5. The summed E-state index contributed by atoms with van der Waals surface area (Å²) in [5, 5.41) is 27.4. The Labute approximate surface area is 258 Å². The highest BCUT2D eigenvalue weighted by molar-refractivity contribution is 6.27. The van der Waals surface area contributed by atoms with Crippen molar-refractivity contribution < 1.29 is 0 Å². The molecular weight excluding hydrogens is 548 g/mol. The van der Waals surface area contributed by atoms with Crippen LogP contribution in [0.3, 0.4) is 0 Å². The second-order valence-electron chi connectivity index (χ2n) is 11.6. The Morgan fingerprint density at radius 2 is 0.911 bits per heavy atom. The van der Waals surface area contributed by atoms with E-state index < -0.39 is 0 Å². The lowest BCUT2D eigenvalue weighted by atomic mass is 9.98. The van der Waals surface area contributed by atoms with Gasteiger partial charge < -0.3 is 4.40 Å². The Morgan fingerprint density at radius 3 is 1.33 bits per heavy atom. The van der Waals surface area contributed by atoms with Crippen molar-refractivity contribution >= 4 is 65.3 Å². The van der Waals surface area contributed by atoms with Gasteiger partial charge in [-0.25, -0.2) is 4.85 Å². The summed E-state index contributed by atoms with van der Waals surface area (Å²) in [6.07, 6.45) is 0. The molecule has 4 nitrogen and oxygen atoms in total. The fourth-order valence-electron chi connectivity index (χ4n) is 6.91. The van der Waals surface area contributed by atoms with Crippen LogP contribution in [0.15, 0.2) is 121 Å². The summed E-state index contributed by atoms with van der Waals surface area (Å²) < 4.78 is 2.37. The van der Waals surface area contributed by atoms with Crippen LogP contribution in [0.25, 0.3) is 86.7 Å². The minimum atomic E-state index is 0.636. The largest absolute Gasteiger partial charge is 0.308 e. The maximum Gasteiger partial charge on any atom is 0.188 e. The SMILES string of the molecule is [C-]#[N+]c1cc2c3cc4ccc(-c5ccc(C#N)cc5)cc4cc3n3c4cc5cc(-c6ccc(C#N)cc6)ccc5cc4c(c1)c23. The molecule has 0 spiro atoms. The van der Waals surface area contributed by atoms with E-state index in [-0.39, 0.29) is 0 Å². The molecule has 45 heavy (non-hydrogen) atoms. The molecule has 0 amide bonds. The highest BCUT2D eigenvalue weighted by atomic mass is 14.9. The molecule has 0 bridgehead atoms. The zero-order chi connectivity index (χ0) is 30.2. The van der Waals surface area contributed by atoms with Crippen LogP contribution in [-0.2, 0) is 0 Å². The minimum Gasteiger partial charge on any atom is -0.308 e. The molecule has 0 N–H and O–H groups in total. The topological polar surface area (TPSA) is 56.4 Å². The Morgan fingerprint density at radius 1 is 0.467 bits per heavy atom. The predicted molar refractivity (Wildman–Crippen MR) is 183 cm³/mol. The summed E-state index contributed by atoms with van der Waals surface area (Å²) in [6.45, 7) is 7.86. The molecule has 9 aromatic rings. The number of benzene rings is 7. The summed E-state index contributed by atoms with van der Waals surface area (Å²) in [6, 6.07) is 45.9. The van der Waals surface area contributed by atoms with Crippen molar-refractivity contribution in [2.45, 2.75) is 0 Å². The Kier molecular flexibility index (Phi) is 5.07. The van der Waals surface area contributed by atoms with Crippen molar-refractivity contribution in [3.63, 3.8) is 0 Å². The molecule has 0 radical (unpaired) electrons. The number of hydrogen-bond acceptors (Lipinski definition) is 2. The standard InChI is InChI=1S/C41H20N4/c1-44-34-20-37-35-16-30-12-10-28(26-6-2-24(22-42)3-7-26)14-32(30)18-39(35)45-40-19-33-15-29(27-8-4-25(23-43)5-9-27)11-13-31(33)17-36(40)38(21-34)41(37)45/h2-21H. The van der Waals surface area contributed by atoms with Crippen molar-refractivity contribution in [3.05, 3.63) is 144 Å². The number of nitriles is 2. The van der Waals surface area contributed by atoms with Gasteiger partial charge in [-0.1, -0.05) is 48.5 Å². The first-order valence-corrected chi connectivity index (χ1v) is 14.6. The van der Waals surface area contributed by atoms with Crippen molar-refractivity contribution in [1.82, 2.24) is 4.40 Å². The number of aromatic nitrogens is 1. The van der Waals surface area contributed by atoms with E-state index in [1.807, 2.05) is 60.7 Å². The summed E-state index contributed by atoms with van der Waals surface area (Å²) in [7, 11) is 0. The lowest BCUT2D eigenvalue weighted by molar-refractivity contribution is 1.38. The minimum absolute atomic E-state index is 0.636. The van der Waals surface area contributed by atoms with Crippen molar-refractivity contribution in [2.24, 2.45) is 0 Å². The van der Waals surface area contributed by atoms with Crippen LogP contribution in [0.5, 0.6) is 0 Å². The molecule has 2 heterocycles. The van der Waals surface area contributed by atoms with Gasteiger partial charge in [-0.15, -0.1) is 0 Å². The van der Waals surface area contributed by atoms with E-state index in [1.165, 1.54) is 0 Å². The van der Waals surface area contributed by atoms with E-state index in [1.54, 1.807) is 0 Å². The van der Waals surface area contributed by atoms with Crippen molar-refractivity contribution in [3.8, 4) is 34.4 Å². The monoisotopic (exact) mass is 568 g/mol. The van der Waals surface area contributed by atoms with E-state index in [9.17, 15) is 10.5 Å². The molecule has 2 aromatic heterocycles. The van der Waals surface area contributed by atoms with E-state index >= 15 is 0 Å². The highest BCUT2D eigenvalue weighted by Gasteiger charge is 2.20. The van der Waals surface area contributed by atoms with Crippen molar-refractivity contribution in [2.75, 3.05) is 0 Å². The second kappa shape index (κ2) is 9.16. The Hall–Kier alpha value is -6.67. The molecule has 0 aliphatic heterocycles. The molecule has 0 atom stereocenters. The lowest BCUT2D eigenvalue weighted by Crippen LogP contribution is -1.85. The quantitative estimate of drug-likeness (QED) is 0.195. The molecule has 0 aliphatic rings. The van der Waals surface area contributed by atoms with Gasteiger partial charge in [0, 0.05) is 10.8 Å². The van der Waals surface area contributed by atoms with Gasteiger partial charge in [-0.05, 0) is 127 Å². The van der Waals surface area contributed by atoms with Crippen LogP contribution in [0.2, 0.25) is 0 Å². The Balaban J connectivity index is 1.33. The lowest BCUT2D eigenvalue weighted by Gasteiger charge is -2.07. The van der Waals surface area contributed by atoms with Gasteiger partial charge in [0.2, 0.25) is 0 Å². The summed E-state index contributed by atoms with van der Waals surface area (Å²) >= 11 is 0. The van der Waals surface area contributed by atoms with Gasteiger partial charge in [-0.3, -0.25) is 0 Å². The van der Waals surface area contributed by atoms with Crippen LogP contribution in [0, 0.1) is 29.2 Å². The zero-order valence-corrected chi connectivity index (χ0v) is 23.8. The molecule has 0 saturated carbocycles. The highest BCUT2D eigenvalue weighted by Crippen LogP contribution is 2.44. The van der Waals surface area contributed by atoms with Crippen LogP contribution in [0.1, 0.15) is 11.1 Å². The number of fused-ring (bicyclic) bond motifs is 8. The first-order chi connectivity index (χ1) is 22.1. The van der Waals surface area contributed by atoms with Gasteiger partial charge in [0.05, 0.1) is 46.4 Å². The van der Waals surface area contributed by atoms with Gasteiger partial charge in [-0.2, -0.15) is 10.5 Å². The molecule has 9 rings (SSSR count). The number of nitrogens with zero attached hydrogens (tertiary/aromatic N) is 4. The Bertz CT molecular complexity index is 2630. The third-order valence-corrected chi connectivity index (χ3v) is 9.11. The summed E-state index contributed by atoms with van der Waals surface area (Å²) in [4.78, 5) is 3.85. The fraction of sp³-hybridized carbons (Fsp3) is 0. The summed E-state index contributed by atoms with van der Waals surface area (Å²) in [5.41, 5.74) is 9.62. The third-order valence-electron chi connectivity index (χ3n) is 9.11. The zero-order valence-electron chi connectivity index (χ0n) is 23.8. The average Bonchev–Trinajstić information content (AvgIpc) is 3.59. The van der Waals surface area contributed by atoms with Crippen LogP contribution < -0.4 is 0 Å². The summed E-state index contributed by atoms with van der Waals surface area (Å²) in [5.74, 6) is 0. The number of rotatable bonds is 2. The van der Waals surface area contributed by atoms with Crippen LogP contribution >= 0.6 is 0 Å². The maximum atomic E-state index is 9.22. The molecule has 4 heteroatoms. The van der Waals surface area contributed by atoms with Gasteiger partial charge in [0.25, 0.3) is 0 Å². The molecule has 0 saturated heterocycles. The first kappa shape index (κ1) is 24.9. The van der Waals surface area contributed by atoms with E-state index in [0.717, 1.165) is 81.9 Å². The van der Waals surface area contributed by atoms with Crippen molar-refractivity contribution in [1.29, 1.82) is 10.5 Å². The maximum absolute atomic E-state index is 9.22. The predicted octanol–water partition coefficient (Wildman–Crippen LogP) is 10.8. The van der Waals surface area contributed by atoms with Crippen LogP contribution in [-0.4, -0.2) is 4.40 Å². The average molecular weight is 569 g/mol. The third kappa shape index (κ3) is 3.63. The van der Waals surface area contributed by atoms with E-state index in [2.05, 4.69) is 82.0 Å². The van der Waals surface area contributed by atoms with E-state index in [0.29, 0.717) is 16.8 Å². The number of hydrogen-bond donors (Lipinski definition) is 0. The molecular formula is C41H20N4. The molecule has 0 fully saturated rings. The smallest absolute Gasteiger partial charge is 0.188 e.